The molecule has 2 rings (SSSR count). The van der Waals surface area contributed by atoms with Crippen LogP contribution in [0.15, 0.2) is 18.2 Å². The van der Waals surface area contributed by atoms with Crippen LogP contribution in [0.4, 0.5) is 5.69 Å². The summed E-state index contributed by atoms with van der Waals surface area (Å²) in [5, 5.41) is 9.63. The second-order valence-electron chi connectivity index (χ2n) is 4.37. The summed E-state index contributed by atoms with van der Waals surface area (Å²) in [6.45, 7) is 3.67. The highest BCUT2D eigenvalue weighted by molar-refractivity contribution is 7.99. The number of carbonyl (C=O) groups is 1. The summed E-state index contributed by atoms with van der Waals surface area (Å²) >= 11 is 8.22. The van der Waals surface area contributed by atoms with Crippen LogP contribution >= 0.6 is 23.4 Å². The number of hydrogen-bond acceptors (Lipinski definition) is 3. The van der Waals surface area contributed by atoms with E-state index in [0.29, 0.717) is 5.02 Å². The molecule has 0 saturated carbocycles. The molecule has 0 aliphatic carbocycles. The lowest BCUT2D eigenvalue weighted by Gasteiger charge is -2.29. The summed E-state index contributed by atoms with van der Waals surface area (Å²) < 4.78 is 0. The van der Waals surface area contributed by atoms with Crippen molar-refractivity contribution < 1.29 is 9.90 Å². The zero-order valence-electron chi connectivity index (χ0n) is 10.2. The molecule has 1 atom stereocenters. The molecule has 1 aromatic carbocycles. The molecule has 1 aromatic rings. The Morgan fingerprint density at radius 1 is 1.44 bits per heavy atom. The zero-order chi connectivity index (χ0) is 13.1. The number of thioether (sulfide) groups is 1. The van der Waals surface area contributed by atoms with Crippen molar-refractivity contribution in [1.29, 1.82) is 0 Å². The van der Waals surface area contributed by atoms with Crippen molar-refractivity contribution >= 4 is 35.0 Å². The van der Waals surface area contributed by atoms with Gasteiger partial charge in [0.15, 0.2) is 0 Å². The maximum Gasteiger partial charge on any atom is 0.310 e. The third kappa shape index (κ3) is 2.93. The highest BCUT2D eigenvalue weighted by Gasteiger charge is 2.18. The van der Waals surface area contributed by atoms with Crippen molar-refractivity contribution in [2.24, 2.45) is 0 Å². The van der Waals surface area contributed by atoms with Gasteiger partial charge < -0.3 is 10.0 Å². The topological polar surface area (TPSA) is 40.5 Å². The Hall–Kier alpha value is -0.870. The van der Waals surface area contributed by atoms with Gasteiger partial charge in [0, 0.05) is 24.6 Å². The van der Waals surface area contributed by atoms with Gasteiger partial charge in [-0.1, -0.05) is 17.7 Å². The van der Waals surface area contributed by atoms with Crippen LogP contribution in [0, 0.1) is 0 Å². The smallest absolute Gasteiger partial charge is 0.310 e. The van der Waals surface area contributed by atoms with Gasteiger partial charge in [-0.05, 0) is 24.6 Å². The second-order valence-corrected chi connectivity index (χ2v) is 6.00. The minimum atomic E-state index is -0.826. The average Bonchev–Trinajstić information content (AvgIpc) is 2.38. The maximum atomic E-state index is 10.9. The molecule has 0 aromatic heterocycles. The number of carboxylic acids is 1. The molecular formula is C13H16ClNO2S. The van der Waals surface area contributed by atoms with Gasteiger partial charge in [-0.25, -0.2) is 0 Å². The molecule has 0 bridgehead atoms. The van der Waals surface area contributed by atoms with Crippen molar-refractivity contribution in [2.45, 2.75) is 12.8 Å². The maximum absolute atomic E-state index is 10.9. The Morgan fingerprint density at radius 3 is 2.67 bits per heavy atom. The molecular weight excluding hydrogens is 270 g/mol. The van der Waals surface area contributed by atoms with Crippen LogP contribution in [-0.4, -0.2) is 35.7 Å². The fourth-order valence-electron chi connectivity index (χ4n) is 2.00. The highest BCUT2D eigenvalue weighted by atomic mass is 35.5. The van der Waals surface area contributed by atoms with Crippen molar-refractivity contribution in [3.05, 3.63) is 28.8 Å². The minimum Gasteiger partial charge on any atom is -0.481 e. The summed E-state index contributed by atoms with van der Waals surface area (Å²) in [6.07, 6.45) is 0. The Labute approximate surface area is 116 Å². The molecule has 0 spiro atoms. The number of benzene rings is 1. The van der Waals surface area contributed by atoms with Crippen LogP contribution in [-0.2, 0) is 4.79 Å². The van der Waals surface area contributed by atoms with E-state index in [0.717, 1.165) is 35.8 Å². The van der Waals surface area contributed by atoms with Crippen molar-refractivity contribution in [2.75, 3.05) is 29.5 Å². The van der Waals surface area contributed by atoms with Crippen LogP contribution in [0.2, 0.25) is 5.02 Å². The van der Waals surface area contributed by atoms with Gasteiger partial charge in [0.1, 0.15) is 0 Å². The first-order valence-electron chi connectivity index (χ1n) is 5.94. The molecule has 1 heterocycles. The average molecular weight is 286 g/mol. The van der Waals surface area contributed by atoms with E-state index in [1.807, 2.05) is 23.9 Å². The van der Waals surface area contributed by atoms with Crippen molar-refractivity contribution in [1.82, 2.24) is 0 Å². The lowest BCUT2D eigenvalue weighted by atomic mass is 10.0. The Morgan fingerprint density at radius 2 is 2.11 bits per heavy atom. The van der Waals surface area contributed by atoms with Gasteiger partial charge in [-0.3, -0.25) is 4.79 Å². The van der Waals surface area contributed by atoms with Crippen molar-refractivity contribution in [3.8, 4) is 0 Å². The quantitative estimate of drug-likeness (QED) is 0.926. The summed E-state index contributed by atoms with van der Waals surface area (Å²) in [7, 11) is 0. The number of rotatable bonds is 3. The molecule has 1 unspecified atom stereocenters. The Bertz CT molecular complexity index is 447. The van der Waals surface area contributed by atoms with E-state index in [4.69, 9.17) is 16.7 Å². The molecule has 3 nitrogen and oxygen atoms in total. The Kier molecular flexibility index (Phi) is 4.40. The summed E-state index contributed by atoms with van der Waals surface area (Å²) in [5.74, 6) is 0.884. The summed E-state index contributed by atoms with van der Waals surface area (Å²) in [6, 6.07) is 5.58. The molecule has 1 aliphatic heterocycles. The van der Waals surface area contributed by atoms with Gasteiger partial charge in [0.2, 0.25) is 0 Å². The molecule has 5 heteroatoms. The minimum absolute atomic E-state index is 0.520. The normalized spacial score (nSPS) is 17.6. The van der Waals surface area contributed by atoms with E-state index in [1.54, 1.807) is 13.0 Å². The first-order valence-corrected chi connectivity index (χ1v) is 7.48. The number of anilines is 1. The third-order valence-electron chi connectivity index (χ3n) is 3.19. The molecule has 0 radical (unpaired) electrons. The van der Waals surface area contributed by atoms with Gasteiger partial charge in [0.25, 0.3) is 0 Å². The Balaban J connectivity index is 2.21. The molecule has 98 valence electrons. The standard InChI is InChI=1S/C13H16ClNO2S/c1-9(13(16)17)10-2-3-12(11(14)8-10)15-4-6-18-7-5-15/h2-3,8-9H,4-7H2,1H3,(H,16,17). The first kappa shape index (κ1) is 13.6. The molecule has 0 amide bonds. The summed E-state index contributed by atoms with van der Waals surface area (Å²) in [4.78, 5) is 13.2. The number of nitrogens with zero attached hydrogens (tertiary/aromatic N) is 1. The lowest BCUT2D eigenvalue weighted by molar-refractivity contribution is -0.138. The van der Waals surface area contributed by atoms with Crippen LogP contribution in [0.3, 0.4) is 0 Å². The van der Waals surface area contributed by atoms with Gasteiger partial charge in [0.05, 0.1) is 16.6 Å². The lowest BCUT2D eigenvalue weighted by Crippen LogP contribution is -2.32. The van der Waals surface area contributed by atoms with E-state index in [2.05, 4.69) is 4.90 Å². The largest absolute Gasteiger partial charge is 0.481 e. The fourth-order valence-corrected chi connectivity index (χ4v) is 3.21. The van der Waals surface area contributed by atoms with Gasteiger partial charge >= 0.3 is 5.97 Å². The summed E-state index contributed by atoms with van der Waals surface area (Å²) in [5.41, 5.74) is 1.76. The second kappa shape index (κ2) is 5.85. The number of carboxylic acid groups (broad SMARTS) is 1. The van der Waals surface area contributed by atoms with Gasteiger partial charge in [-0.2, -0.15) is 11.8 Å². The monoisotopic (exact) mass is 285 g/mol. The van der Waals surface area contributed by atoms with E-state index in [9.17, 15) is 4.79 Å². The SMILES string of the molecule is CC(C(=O)O)c1ccc(N2CCSCC2)c(Cl)c1. The van der Waals surface area contributed by atoms with Crippen molar-refractivity contribution in [3.63, 3.8) is 0 Å². The third-order valence-corrected chi connectivity index (χ3v) is 4.44. The number of aliphatic carboxylic acids is 1. The van der Waals surface area contributed by atoms with E-state index in [-0.39, 0.29) is 0 Å². The highest BCUT2D eigenvalue weighted by Crippen LogP contribution is 2.31. The predicted molar refractivity (Wildman–Crippen MR) is 77.0 cm³/mol. The first-order chi connectivity index (χ1) is 8.59. The molecule has 1 saturated heterocycles. The van der Waals surface area contributed by atoms with Gasteiger partial charge in [-0.15, -0.1) is 0 Å². The van der Waals surface area contributed by atoms with Crippen LogP contribution < -0.4 is 4.90 Å². The van der Waals surface area contributed by atoms with E-state index in [1.165, 1.54) is 0 Å². The van der Waals surface area contributed by atoms with Crippen LogP contribution in [0.5, 0.6) is 0 Å². The van der Waals surface area contributed by atoms with E-state index < -0.39 is 11.9 Å². The molecule has 1 N–H and O–H groups in total. The number of halogens is 1. The predicted octanol–water partition coefficient (Wildman–Crippen LogP) is 3.08. The van der Waals surface area contributed by atoms with Crippen LogP contribution in [0.25, 0.3) is 0 Å². The zero-order valence-corrected chi connectivity index (χ0v) is 11.8. The number of hydrogen-bond donors (Lipinski definition) is 1. The molecule has 18 heavy (non-hydrogen) atoms. The van der Waals surface area contributed by atoms with Crippen LogP contribution in [0.1, 0.15) is 18.4 Å². The molecule has 1 aliphatic rings. The molecule has 1 fully saturated rings. The fraction of sp³-hybridized carbons (Fsp3) is 0.462. The van der Waals surface area contributed by atoms with E-state index >= 15 is 0 Å².